The molecule has 0 aliphatic heterocycles. The molecule has 1 aromatic rings. The second-order valence-corrected chi connectivity index (χ2v) is 4.27. The Morgan fingerprint density at radius 1 is 1.63 bits per heavy atom. The van der Waals surface area contributed by atoms with Crippen LogP contribution in [0, 0.1) is 21.4 Å². The fourth-order valence-electron chi connectivity index (χ4n) is 1.30. The zero-order valence-corrected chi connectivity index (χ0v) is 11.5. The summed E-state index contributed by atoms with van der Waals surface area (Å²) in [6.07, 6.45) is 1.14. The average Bonchev–Trinajstić information content (AvgIpc) is 2.37. The van der Waals surface area contributed by atoms with E-state index in [1.54, 1.807) is 19.1 Å². The summed E-state index contributed by atoms with van der Waals surface area (Å²) < 4.78 is 5.22. The molecule has 7 heteroatoms. The fraction of sp³-hybridized carbons (Fsp3) is 0.167. The monoisotopic (exact) mass is 324 g/mol. The second-order valence-electron chi connectivity index (χ2n) is 3.35. The molecule has 0 fully saturated rings. The maximum Gasteiger partial charge on any atom is 0.348 e. The van der Waals surface area contributed by atoms with Crippen LogP contribution < -0.4 is 0 Å². The lowest BCUT2D eigenvalue weighted by Crippen LogP contribution is -2.06. The maximum absolute atomic E-state index is 11.4. The van der Waals surface area contributed by atoms with Crippen molar-refractivity contribution in [2.75, 3.05) is 6.61 Å². The van der Waals surface area contributed by atoms with Gasteiger partial charge >= 0.3 is 5.97 Å². The van der Waals surface area contributed by atoms with Gasteiger partial charge in [0.05, 0.1) is 17.1 Å². The molecule has 0 spiro atoms. The molecular formula is C12H9BrN2O4. The number of hydrogen-bond donors (Lipinski definition) is 0. The van der Waals surface area contributed by atoms with E-state index in [2.05, 4.69) is 20.7 Å². The smallest absolute Gasteiger partial charge is 0.348 e. The first-order valence-electron chi connectivity index (χ1n) is 5.22. The number of rotatable bonds is 4. The molecular weight excluding hydrogens is 316 g/mol. The van der Waals surface area contributed by atoms with E-state index in [0.29, 0.717) is 4.47 Å². The zero-order valence-electron chi connectivity index (χ0n) is 9.92. The van der Waals surface area contributed by atoms with Crippen LogP contribution in [0.5, 0.6) is 0 Å². The van der Waals surface area contributed by atoms with Gasteiger partial charge in [0, 0.05) is 10.5 Å². The third kappa shape index (κ3) is 3.89. The quantitative estimate of drug-likeness (QED) is 0.279. The molecule has 0 radical (unpaired) electrons. The highest BCUT2D eigenvalue weighted by Crippen LogP contribution is 2.25. The van der Waals surface area contributed by atoms with Gasteiger partial charge in [-0.1, -0.05) is 15.9 Å². The molecule has 0 aromatic heterocycles. The summed E-state index contributed by atoms with van der Waals surface area (Å²) in [5.74, 6) is -0.804. The largest absolute Gasteiger partial charge is 0.462 e. The number of ether oxygens (including phenoxy) is 1. The van der Waals surface area contributed by atoms with Crippen LogP contribution >= 0.6 is 15.9 Å². The number of halogens is 1. The minimum Gasteiger partial charge on any atom is -0.462 e. The third-order valence-corrected chi connectivity index (χ3v) is 2.60. The normalized spacial score (nSPS) is 10.7. The number of nitrogens with zero attached hydrogens (tertiary/aromatic N) is 2. The maximum atomic E-state index is 11.4. The Labute approximate surface area is 117 Å². The first-order valence-corrected chi connectivity index (χ1v) is 6.01. The Morgan fingerprint density at radius 3 is 2.84 bits per heavy atom. The highest BCUT2D eigenvalue weighted by Gasteiger charge is 2.16. The van der Waals surface area contributed by atoms with Crippen molar-refractivity contribution in [3.63, 3.8) is 0 Å². The molecule has 0 saturated heterocycles. The summed E-state index contributed by atoms with van der Waals surface area (Å²) in [7, 11) is 0. The minimum absolute atomic E-state index is 0.125. The van der Waals surface area contributed by atoms with Gasteiger partial charge in [-0.05, 0) is 25.1 Å². The highest BCUT2D eigenvalue weighted by molar-refractivity contribution is 9.10. The first kappa shape index (κ1) is 14.9. The van der Waals surface area contributed by atoms with E-state index in [1.165, 1.54) is 12.1 Å². The number of benzene rings is 1. The molecule has 0 N–H and O–H groups in total. The summed E-state index contributed by atoms with van der Waals surface area (Å²) in [5, 5.41) is 19.8. The SMILES string of the molecule is CCOC(=O)/C(C#N)=C/c1ccc(Br)cc1[N+](=O)[O-]. The van der Waals surface area contributed by atoms with Gasteiger partial charge in [0.15, 0.2) is 0 Å². The number of carbonyl (C=O) groups excluding carboxylic acids is 1. The Bertz CT molecular complexity index is 590. The number of hydrogen-bond acceptors (Lipinski definition) is 5. The van der Waals surface area contributed by atoms with Gasteiger partial charge in [-0.3, -0.25) is 10.1 Å². The molecule has 0 atom stereocenters. The molecule has 0 aliphatic carbocycles. The average molecular weight is 325 g/mol. The van der Waals surface area contributed by atoms with E-state index in [0.717, 1.165) is 6.08 Å². The number of nitro groups is 1. The molecule has 19 heavy (non-hydrogen) atoms. The molecule has 1 rings (SSSR count). The van der Waals surface area contributed by atoms with E-state index >= 15 is 0 Å². The van der Waals surface area contributed by atoms with E-state index < -0.39 is 10.9 Å². The molecule has 0 saturated carbocycles. The Kier molecular flexibility index (Phi) is 5.21. The molecule has 6 nitrogen and oxygen atoms in total. The summed E-state index contributed by atoms with van der Waals surface area (Å²) in [4.78, 5) is 21.7. The number of esters is 1. The van der Waals surface area contributed by atoms with Crippen molar-refractivity contribution in [1.82, 2.24) is 0 Å². The van der Waals surface area contributed by atoms with Crippen LogP contribution in [0.15, 0.2) is 28.2 Å². The van der Waals surface area contributed by atoms with Gasteiger partial charge in [0.25, 0.3) is 5.69 Å². The molecule has 1 aromatic carbocycles. The Hall–Kier alpha value is -2.20. The van der Waals surface area contributed by atoms with Crippen LogP contribution in [-0.4, -0.2) is 17.5 Å². The van der Waals surface area contributed by atoms with E-state index in [-0.39, 0.29) is 23.4 Å². The lowest BCUT2D eigenvalue weighted by molar-refractivity contribution is -0.385. The van der Waals surface area contributed by atoms with Gasteiger partial charge in [0.1, 0.15) is 11.6 Å². The molecule has 0 amide bonds. The van der Waals surface area contributed by atoms with Crippen molar-refractivity contribution >= 4 is 33.7 Å². The molecule has 0 aliphatic rings. The second kappa shape index (κ2) is 6.66. The number of nitro benzene ring substituents is 1. The van der Waals surface area contributed by atoms with Crippen LogP contribution in [0.4, 0.5) is 5.69 Å². The predicted octanol–water partition coefficient (Wildman–Crippen LogP) is 2.83. The fourth-order valence-corrected chi connectivity index (χ4v) is 1.65. The zero-order chi connectivity index (χ0) is 14.4. The third-order valence-electron chi connectivity index (χ3n) is 2.10. The van der Waals surface area contributed by atoms with Crippen LogP contribution in [0.2, 0.25) is 0 Å². The van der Waals surface area contributed by atoms with E-state index in [9.17, 15) is 14.9 Å². The molecule has 0 heterocycles. The van der Waals surface area contributed by atoms with Gasteiger partial charge in [-0.2, -0.15) is 5.26 Å². The van der Waals surface area contributed by atoms with Gasteiger partial charge in [-0.25, -0.2) is 4.79 Å². The summed E-state index contributed by atoms with van der Waals surface area (Å²) in [6, 6.07) is 5.99. The van der Waals surface area contributed by atoms with Crippen LogP contribution in [-0.2, 0) is 9.53 Å². The molecule has 0 bridgehead atoms. The van der Waals surface area contributed by atoms with Crippen LogP contribution in [0.3, 0.4) is 0 Å². The van der Waals surface area contributed by atoms with Crippen molar-refractivity contribution in [2.45, 2.75) is 6.92 Å². The standard InChI is InChI=1S/C12H9BrN2O4/c1-2-19-12(16)9(7-14)5-8-3-4-10(13)6-11(8)15(17)18/h3-6H,2H2,1H3/b9-5+. The first-order chi connectivity index (χ1) is 8.99. The summed E-state index contributed by atoms with van der Waals surface area (Å²) in [6.45, 7) is 1.73. The van der Waals surface area contributed by atoms with E-state index in [4.69, 9.17) is 5.26 Å². The Balaban J connectivity index is 3.26. The predicted molar refractivity (Wildman–Crippen MR) is 71.0 cm³/mol. The van der Waals surface area contributed by atoms with Crippen LogP contribution in [0.1, 0.15) is 12.5 Å². The van der Waals surface area contributed by atoms with Crippen molar-refractivity contribution < 1.29 is 14.5 Å². The summed E-state index contributed by atoms with van der Waals surface area (Å²) in [5.41, 5.74) is -0.323. The topological polar surface area (TPSA) is 93.2 Å². The molecule has 98 valence electrons. The van der Waals surface area contributed by atoms with E-state index in [1.807, 2.05) is 0 Å². The van der Waals surface area contributed by atoms with Crippen molar-refractivity contribution in [3.8, 4) is 6.07 Å². The molecule has 0 unspecified atom stereocenters. The van der Waals surface area contributed by atoms with Crippen molar-refractivity contribution in [3.05, 3.63) is 43.9 Å². The number of nitriles is 1. The van der Waals surface area contributed by atoms with Crippen molar-refractivity contribution in [1.29, 1.82) is 5.26 Å². The van der Waals surface area contributed by atoms with Gasteiger partial charge in [-0.15, -0.1) is 0 Å². The number of carbonyl (C=O) groups is 1. The lowest BCUT2D eigenvalue weighted by Gasteiger charge is -2.01. The van der Waals surface area contributed by atoms with Crippen LogP contribution in [0.25, 0.3) is 6.08 Å². The Morgan fingerprint density at radius 2 is 2.32 bits per heavy atom. The van der Waals surface area contributed by atoms with Gasteiger partial charge in [0.2, 0.25) is 0 Å². The van der Waals surface area contributed by atoms with Gasteiger partial charge < -0.3 is 4.74 Å². The van der Waals surface area contributed by atoms with Crippen molar-refractivity contribution in [2.24, 2.45) is 0 Å². The lowest BCUT2D eigenvalue weighted by atomic mass is 10.1. The summed E-state index contributed by atoms with van der Waals surface area (Å²) >= 11 is 3.12. The minimum atomic E-state index is -0.804. The highest BCUT2D eigenvalue weighted by atomic mass is 79.9.